The number of amides is 4. The molecule has 0 fully saturated rings. The molecule has 12 heteroatoms. The maximum Gasteiger partial charge on any atom is 0.223 e. The second-order valence-electron chi connectivity index (χ2n) is 10.8. The summed E-state index contributed by atoms with van der Waals surface area (Å²) in [6.45, 7) is 12.8. The monoisotopic (exact) mass is 582 g/mol. The van der Waals surface area contributed by atoms with Crippen LogP contribution >= 0.6 is 0 Å². The first-order chi connectivity index (χ1) is 19.6. The van der Waals surface area contributed by atoms with Gasteiger partial charge in [0.1, 0.15) is 0 Å². The fraction of sp³-hybridized carbons (Fsp3) is 0.828. The minimum absolute atomic E-state index is 0.0269. The number of nitrogens with zero attached hydrogens (tertiary/aromatic N) is 2. The lowest BCUT2D eigenvalue weighted by atomic mass is 10.1. The molecular weight excluding hydrogens is 524 g/mol. The summed E-state index contributed by atoms with van der Waals surface area (Å²) < 4.78 is 0. The maximum atomic E-state index is 13.0. The van der Waals surface area contributed by atoms with Gasteiger partial charge in [-0.05, 0) is 50.6 Å². The zero-order chi connectivity index (χ0) is 30.9. The molecule has 0 aromatic carbocycles. The number of hydrogen-bond acceptors (Lipinski definition) is 6. The highest BCUT2D eigenvalue weighted by molar-refractivity contribution is 5.83. The van der Waals surface area contributed by atoms with Gasteiger partial charge in [0.15, 0.2) is 5.96 Å². The first kappa shape index (κ1) is 38.1. The van der Waals surface area contributed by atoms with Crippen LogP contribution in [0.25, 0.3) is 0 Å². The average Bonchev–Trinajstić information content (AvgIpc) is 2.93. The lowest BCUT2D eigenvalue weighted by Crippen LogP contribution is -2.37. The van der Waals surface area contributed by atoms with Crippen LogP contribution < -0.4 is 32.7 Å². The van der Waals surface area contributed by atoms with E-state index in [0.717, 1.165) is 38.8 Å². The summed E-state index contributed by atoms with van der Waals surface area (Å²) in [4.78, 5) is 55.0. The number of carbonyl (C=O) groups is 4. The Morgan fingerprint density at radius 1 is 0.683 bits per heavy atom. The van der Waals surface area contributed by atoms with Gasteiger partial charge in [-0.25, -0.2) is 0 Å². The van der Waals surface area contributed by atoms with E-state index in [4.69, 9.17) is 11.5 Å². The summed E-state index contributed by atoms with van der Waals surface area (Å²) in [6.07, 6.45) is 6.02. The van der Waals surface area contributed by atoms with Crippen LogP contribution in [0.2, 0.25) is 0 Å². The van der Waals surface area contributed by atoms with Gasteiger partial charge in [0, 0.05) is 65.0 Å². The third-order valence-corrected chi connectivity index (χ3v) is 6.89. The average molecular weight is 583 g/mol. The highest BCUT2D eigenvalue weighted by Gasteiger charge is 2.16. The van der Waals surface area contributed by atoms with Gasteiger partial charge in [-0.1, -0.05) is 40.5 Å². The van der Waals surface area contributed by atoms with Crippen LogP contribution in [-0.4, -0.2) is 86.8 Å². The largest absolute Gasteiger partial charge is 0.370 e. The molecule has 238 valence electrons. The Hall–Kier alpha value is -2.89. The maximum absolute atomic E-state index is 13.0. The van der Waals surface area contributed by atoms with E-state index in [2.05, 4.69) is 40.1 Å². The number of guanidine groups is 1. The van der Waals surface area contributed by atoms with Gasteiger partial charge in [-0.15, -0.1) is 0 Å². The van der Waals surface area contributed by atoms with Crippen LogP contribution in [0.1, 0.15) is 91.9 Å². The molecule has 0 aliphatic heterocycles. The van der Waals surface area contributed by atoms with E-state index < -0.39 is 0 Å². The fourth-order valence-corrected chi connectivity index (χ4v) is 3.87. The number of carbonyl (C=O) groups excluding carboxylic acids is 4. The summed E-state index contributed by atoms with van der Waals surface area (Å²) in [6, 6.07) is 0. The Bertz CT molecular complexity index is 742. The van der Waals surface area contributed by atoms with Gasteiger partial charge in [0.05, 0.1) is 0 Å². The Balaban J connectivity index is 4.46. The Kier molecular flexibility index (Phi) is 23.1. The van der Waals surface area contributed by atoms with E-state index in [1.807, 2.05) is 13.8 Å². The fourth-order valence-electron chi connectivity index (χ4n) is 3.87. The van der Waals surface area contributed by atoms with Crippen molar-refractivity contribution in [2.75, 3.05) is 52.4 Å². The summed E-state index contributed by atoms with van der Waals surface area (Å²) >= 11 is 0. The van der Waals surface area contributed by atoms with Crippen LogP contribution in [0.15, 0.2) is 4.99 Å². The Morgan fingerprint density at radius 3 is 1.68 bits per heavy atom. The highest BCUT2D eigenvalue weighted by Crippen LogP contribution is 2.07. The Morgan fingerprint density at radius 2 is 1.17 bits per heavy atom. The number of hydrogen-bond donors (Lipinski definition) is 6. The standard InChI is InChI=1S/C29H58N8O4/c1-5-23(3)21-26(39)34-17-9-19-37(20-10-18-35-27(40)22-24(4)6-2)28(41)12-11-25(38)33-15-7-13-32-14-8-16-36-29(30)31/h23-24,32H,5-22H2,1-4H3,(H,33,38)(H,34,39)(H,35,40)(H4,30,31,36). The van der Waals surface area contributed by atoms with Crippen molar-refractivity contribution in [3.63, 3.8) is 0 Å². The van der Waals surface area contributed by atoms with Crippen molar-refractivity contribution in [3.8, 4) is 0 Å². The number of nitrogens with one attached hydrogen (secondary N) is 4. The van der Waals surface area contributed by atoms with Crippen molar-refractivity contribution in [2.24, 2.45) is 28.3 Å². The third kappa shape index (κ3) is 23.5. The molecule has 0 aromatic rings. The van der Waals surface area contributed by atoms with Crippen molar-refractivity contribution in [3.05, 3.63) is 0 Å². The summed E-state index contributed by atoms with van der Waals surface area (Å²) in [5.41, 5.74) is 10.6. The number of rotatable bonds is 25. The van der Waals surface area contributed by atoms with E-state index >= 15 is 0 Å². The molecule has 2 atom stereocenters. The number of aliphatic imine (C=N–C) groups is 1. The molecule has 0 saturated carbocycles. The van der Waals surface area contributed by atoms with E-state index in [0.29, 0.717) is 76.8 Å². The van der Waals surface area contributed by atoms with Gasteiger partial charge < -0.3 is 37.6 Å². The van der Waals surface area contributed by atoms with Crippen LogP contribution in [0.3, 0.4) is 0 Å². The number of nitrogens with two attached hydrogens (primary N) is 2. The molecule has 0 spiro atoms. The third-order valence-electron chi connectivity index (χ3n) is 6.89. The normalized spacial score (nSPS) is 12.2. The zero-order valence-corrected chi connectivity index (χ0v) is 26.1. The molecule has 0 radical (unpaired) electrons. The van der Waals surface area contributed by atoms with Crippen molar-refractivity contribution >= 4 is 29.6 Å². The van der Waals surface area contributed by atoms with E-state index in [1.165, 1.54) is 0 Å². The van der Waals surface area contributed by atoms with E-state index in [1.54, 1.807) is 4.90 Å². The lowest BCUT2D eigenvalue weighted by Gasteiger charge is -2.23. The van der Waals surface area contributed by atoms with Crippen molar-refractivity contribution in [2.45, 2.75) is 91.9 Å². The Labute approximate surface area is 247 Å². The second-order valence-corrected chi connectivity index (χ2v) is 10.8. The molecule has 0 aromatic heterocycles. The topological polar surface area (TPSA) is 184 Å². The molecule has 4 amide bonds. The van der Waals surface area contributed by atoms with Gasteiger partial charge in [0.2, 0.25) is 23.6 Å². The molecule has 12 nitrogen and oxygen atoms in total. The molecule has 0 heterocycles. The smallest absolute Gasteiger partial charge is 0.223 e. The minimum atomic E-state index is -0.152. The lowest BCUT2D eigenvalue weighted by molar-refractivity contribution is -0.133. The molecule has 2 unspecified atom stereocenters. The quantitative estimate of drug-likeness (QED) is 0.0531. The first-order valence-electron chi connectivity index (χ1n) is 15.4. The zero-order valence-electron chi connectivity index (χ0n) is 26.1. The predicted molar refractivity (Wildman–Crippen MR) is 165 cm³/mol. The van der Waals surface area contributed by atoms with Gasteiger partial charge >= 0.3 is 0 Å². The van der Waals surface area contributed by atoms with Crippen LogP contribution in [0.4, 0.5) is 0 Å². The van der Waals surface area contributed by atoms with Gasteiger partial charge in [-0.3, -0.25) is 24.2 Å². The van der Waals surface area contributed by atoms with E-state index in [9.17, 15) is 19.2 Å². The molecule has 0 saturated heterocycles. The second kappa shape index (κ2) is 24.9. The molecule has 0 bridgehead atoms. The minimum Gasteiger partial charge on any atom is -0.370 e. The summed E-state index contributed by atoms with van der Waals surface area (Å²) in [7, 11) is 0. The van der Waals surface area contributed by atoms with Gasteiger partial charge in [-0.2, -0.15) is 0 Å². The molecule has 8 N–H and O–H groups in total. The molecular formula is C29H58N8O4. The van der Waals surface area contributed by atoms with Gasteiger partial charge in [0.25, 0.3) is 0 Å². The molecule has 41 heavy (non-hydrogen) atoms. The SMILES string of the molecule is CCC(C)CC(=O)NCCCN(CCCNC(=O)CC(C)CC)C(=O)CCC(=O)NCCCNCCCN=C(N)N. The van der Waals surface area contributed by atoms with Crippen molar-refractivity contribution < 1.29 is 19.2 Å². The molecule has 0 aliphatic carbocycles. The van der Waals surface area contributed by atoms with Crippen molar-refractivity contribution in [1.29, 1.82) is 0 Å². The molecule has 0 rings (SSSR count). The summed E-state index contributed by atoms with van der Waals surface area (Å²) in [5.74, 6) is 0.579. The van der Waals surface area contributed by atoms with Crippen LogP contribution in [0, 0.1) is 11.8 Å². The van der Waals surface area contributed by atoms with E-state index in [-0.39, 0.29) is 42.4 Å². The summed E-state index contributed by atoms with van der Waals surface area (Å²) in [5, 5.41) is 12.0. The highest BCUT2D eigenvalue weighted by atomic mass is 16.2. The van der Waals surface area contributed by atoms with Crippen LogP contribution in [-0.2, 0) is 19.2 Å². The first-order valence-corrected chi connectivity index (χ1v) is 15.4. The van der Waals surface area contributed by atoms with Crippen LogP contribution in [0.5, 0.6) is 0 Å². The van der Waals surface area contributed by atoms with Crippen molar-refractivity contribution in [1.82, 2.24) is 26.2 Å². The predicted octanol–water partition coefficient (Wildman–Crippen LogP) is 1.24. The molecule has 0 aliphatic rings.